The number of hydrogen-bond acceptors (Lipinski definition) is 4. The Kier molecular flexibility index (Phi) is 5.52. The van der Waals surface area contributed by atoms with Gasteiger partial charge in [-0.1, -0.05) is 0 Å². The van der Waals surface area contributed by atoms with Gasteiger partial charge in [0.25, 0.3) is 5.91 Å². The Labute approximate surface area is 172 Å². The van der Waals surface area contributed by atoms with Crippen molar-refractivity contribution in [3.8, 4) is 5.75 Å². The molecule has 1 aliphatic heterocycles. The van der Waals surface area contributed by atoms with E-state index in [0.29, 0.717) is 11.3 Å². The van der Waals surface area contributed by atoms with E-state index < -0.39 is 11.7 Å². The molecule has 0 aliphatic carbocycles. The van der Waals surface area contributed by atoms with Crippen LogP contribution in [0.15, 0.2) is 27.4 Å². The summed E-state index contributed by atoms with van der Waals surface area (Å²) in [6.07, 6.45) is 1.16. The second-order valence-corrected chi connectivity index (χ2v) is 9.88. The van der Waals surface area contributed by atoms with Crippen LogP contribution in [-0.2, 0) is 4.79 Å². The largest absolute Gasteiger partial charge is 0.480 e. The number of piperidine rings is 1. The summed E-state index contributed by atoms with van der Waals surface area (Å²) in [5.41, 5.74) is 1.90. The molecule has 3 N–H and O–H groups in total. The van der Waals surface area contributed by atoms with Crippen LogP contribution in [-0.4, -0.2) is 29.1 Å². The molecule has 2 aromatic rings. The van der Waals surface area contributed by atoms with Crippen molar-refractivity contribution in [1.82, 2.24) is 5.32 Å². The minimum Gasteiger partial charge on any atom is -0.480 e. The number of carbonyl (C=O) groups is 1. The van der Waals surface area contributed by atoms with E-state index in [1.807, 2.05) is 26.0 Å². The van der Waals surface area contributed by atoms with E-state index in [1.54, 1.807) is 6.92 Å². The molecular weight excluding hydrogens is 368 g/mol. The molecule has 0 radical (unpaired) electrons. The van der Waals surface area contributed by atoms with Crippen molar-refractivity contribution in [2.24, 2.45) is 0 Å². The molecule has 0 unspecified atom stereocenters. The standard InChI is InChI=1S/C23H32N2O4/c1-13-8-17(20-14(2)10-19(26)29-18(20)9-13)28-15(3)21(27)24-16-11-22(4,5)25-23(6,7)12-16/h8-10,15-16,25H,11-12H2,1-7H3,(H,24,27)/p+1/t15-/m0/s1. The summed E-state index contributed by atoms with van der Waals surface area (Å²) in [7, 11) is 0. The molecule has 0 spiro atoms. The van der Waals surface area contributed by atoms with Crippen molar-refractivity contribution in [3.63, 3.8) is 0 Å². The van der Waals surface area contributed by atoms with E-state index >= 15 is 0 Å². The molecule has 29 heavy (non-hydrogen) atoms. The van der Waals surface area contributed by atoms with Gasteiger partial charge in [-0.05, 0) is 71.7 Å². The monoisotopic (exact) mass is 401 g/mol. The van der Waals surface area contributed by atoms with Crippen LogP contribution < -0.4 is 21.0 Å². The van der Waals surface area contributed by atoms with Gasteiger partial charge >= 0.3 is 5.63 Å². The van der Waals surface area contributed by atoms with E-state index in [1.165, 1.54) is 6.07 Å². The summed E-state index contributed by atoms with van der Waals surface area (Å²) < 4.78 is 11.4. The van der Waals surface area contributed by atoms with Crippen molar-refractivity contribution in [1.29, 1.82) is 0 Å². The number of nitrogens with one attached hydrogen (secondary N) is 1. The number of amides is 1. The lowest BCUT2D eigenvalue weighted by atomic mass is 9.79. The van der Waals surface area contributed by atoms with Crippen LogP contribution in [0.1, 0.15) is 58.6 Å². The minimum atomic E-state index is -0.663. The lowest BCUT2D eigenvalue weighted by molar-refractivity contribution is -0.787. The smallest absolute Gasteiger partial charge is 0.336 e. The molecule has 3 rings (SSSR count). The number of quaternary nitrogens is 1. The van der Waals surface area contributed by atoms with Crippen LogP contribution in [0, 0.1) is 13.8 Å². The fraction of sp³-hybridized carbons (Fsp3) is 0.565. The average Bonchev–Trinajstić information content (AvgIpc) is 2.50. The molecule has 0 saturated carbocycles. The molecule has 1 aromatic heterocycles. The number of ether oxygens (including phenoxy) is 1. The van der Waals surface area contributed by atoms with E-state index in [4.69, 9.17) is 9.15 Å². The van der Waals surface area contributed by atoms with Crippen LogP contribution in [0.2, 0.25) is 0 Å². The third-order valence-electron chi connectivity index (χ3n) is 5.50. The van der Waals surface area contributed by atoms with Gasteiger partial charge in [0, 0.05) is 24.9 Å². The number of fused-ring (bicyclic) bond motifs is 1. The number of carbonyl (C=O) groups excluding carboxylic acids is 1. The van der Waals surface area contributed by atoms with Gasteiger partial charge in [-0.15, -0.1) is 0 Å². The summed E-state index contributed by atoms with van der Waals surface area (Å²) in [4.78, 5) is 24.6. The predicted molar refractivity (Wildman–Crippen MR) is 113 cm³/mol. The van der Waals surface area contributed by atoms with Gasteiger partial charge < -0.3 is 19.8 Å². The maximum Gasteiger partial charge on any atom is 0.336 e. The fourth-order valence-electron chi connectivity index (χ4n) is 4.85. The van der Waals surface area contributed by atoms with Gasteiger partial charge in [0.05, 0.1) is 16.5 Å². The zero-order valence-electron chi connectivity index (χ0n) is 18.5. The molecule has 158 valence electrons. The number of rotatable bonds is 4. The molecular formula is C23H33N2O4+. The SMILES string of the molecule is Cc1cc(O[C@@H](C)C(=O)NC2CC(C)(C)[NH2+]C(C)(C)C2)c2c(C)cc(=O)oc2c1. The summed E-state index contributed by atoms with van der Waals surface area (Å²) in [6.45, 7) is 14.3. The molecule has 1 fully saturated rings. The molecule has 1 atom stereocenters. The quantitative estimate of drug-likeness (QED) is 0.771. The van der Waals surface area contributed by atoms with E-state index in [0.717, 1.165) is 29.4 Å². The second kappa shape index (κ2) is 7.48. The van der Waals surface area contributed by atoms with Crippen molar-refractivity contribution in [2.75, 3.05) is 0 Å². The minimum absolute atomic E-state index is 0.0746. The fourth-order valence-corrected chi connectivity index (χ4v) is 4.85. The Bertz CT molecular complexity index is 974. The maximum absolute atomic E-state index is 12.9. The van der Waals surface area contributed by atoms with Crippen LogP contribution in [0.4, 0.5) is 0 Å². The van der Waals surface area contributed by atoms with Crippen LogP contribution in [0.25, 0.3) is 11.0 Å². The van der Waals surface area contributed by atoms with Gasteiger partial charge in [0.1, 0.15) is 11.3 Å². The third-order valence-corrected chi connectivity index (χ3v) is 5.50. The van der Waals surface area contributed by atoms with E-state index in [2.05, 4.69) is 38.3 Å². The van der Waals surface area contributed by atoms with Crippen molar-refractivity contribution in [2.45, 2.75) is 84.5 Å². The van der Waals surface area contributed by atoms with Gasteiger partial charge in [0.15, 0.2) is 6.10 Å². The predicted octanol–water partition coefficient (Wildman–Crippen LogP) is 2.58. The Morgan fingerprint density at radius 2 is 1.79 bits per heavy atom. The molecule has 6 nitrogen and oxygen atoms in total. The summed E-state index contributed by atoms with van der Waals surface area (Å²) >= 11 is 0. The highest BCUT2D eigenvalue weighted by Crippen LogP contribution is 2.30. The first-order chi connectivity index (χ1) is 13.3. The summed E-state index contributed by atoms with van der Waals surface area (Å²) in [6, 6.07) is 5.24. The summed E-state index contributed by atoms with van der Waals surface area (Å²) in [5, 5.41) is 6.29. The third kappa shape index (κ3) is 4.99. The van der Waals surface area contributed by atoms with Crippen LogP contribution in [0.3, 0.4) is 0 Å². The van der Waals surface area contributed by atoms with E-state index in [-0.39, 0.29) is 23.0 Å². The highest BCUT2D eigenvalue weighted by molar-refractivity contribution is 5.88. The van der Waals surface area contributed by atoms with Crippen molar-refractivity contribution >= 4 is 16.9 Å². The summed E-state index contributed by atoms with van der Waals surface area (Å²) in [5.74, 6) is 0.426. The van der Waals surface area contributed by atoms with Gasteiger partial charge in [-0.2, -0.15) is 0 Å². The highest BCUT2D eigenvalue weighted by atomic mass is 16.5. The Hall–Kier alpha value is -2.34. The molecule has 0 bridgehead atoms. The second-order valence-electron chi connectivity index (χ2n) is 9.88. The van der Waals surface area contributed by atoms with Gasteiger partial charge in [-0.3, -0.25) is 4.79 Å². The Balaban J connectivity index is 1.79. The number of aryl methyl sites for hydroxylation is 2. The normalized spacial score (nSPS) is 19.7. The lowest BCUT2D eigenvalue weighted by Crippen LogP contribution is -3.06. The molecule has 1 aromatic carbocycles. The first-order valence-corrected chi connectivity index (χ1v) is 10.2. The first-order valence-electron chi connectivity index (χ1n) is 10.2. The van der Waals surface area contributed by atoms with Crippen LogP contribution >= 0.6 is 0 Å². The topological polar surface area (TPSA) is 85.1 Å². The van der Waals surface area contributed by atoms with Crippen molar-refractivity contribution < 1.29 is 19.3 Å². The Morgan fingerprint density at radius 1 is 1.17 bits per heavy atom. The molecule has 1 saturated heterocycles. The van der Waals surface area contributed by atoms with E-state index in [9.17, 15) is 9.59 Å². The van der Waals surface area contributed by atoms with Gasteiger partial charge in [0.2, 0.25) is 0 Å². The van der Waals surface area contributed by atoms with Crippen molar-refractivity contribution in [3.05, 3.63) is 39.7 Å². The Morgan fingerprint density at radius 3 is 2.41 bits per heavy atom. The maximum atomic E-state index is 12.9. The molecule has 6 heteroatoms. The molecule has 2 heterocycles. The number of benzene rings is 1. The number of hydrogen-bond donors (Lipinski definition) is 2. The zero-order chi connectivity index (χ0) is 21.6. The molecule has 1 aliphatic rings. The van der Waals surface area contributed by atoms with Crippen LogP contribution in [0.5, 0.6) is 5.75 Å². The highest BCUT2D eigenvalue weighted by Gasteiger charge is 2.42. The number of nitrogens with two attached hydrogens (primary N) is 1. The van der Waals surface area contributed by atoms with Gasteiger partial charge in [-0.25, -0.2) is 4.79 Å². The lowest BCUT2D eigenvalue weighted by Gasteiger charge is -2.43. The first kappa shape index (κ1) is 21.4. The zero-order valence-corrected chi connectivity index (χ0v) is 18.5. The molecule has 1 amide bonds. The average molecular weight is 402 g/mol.